The van der Waals surface area contributed by atoms with E-state index in [4.69, 9.17) is 17.3 Å². The molecule has 0 spiro atoms. The summed E-state index contributed by atoms with van der Waals surface area (Å²) in [5.74, 6) is 0.235. The molecule has 1 atom stereocenters. The Labute approximate surface area is 142 Å². The smallest absolute Gasteiger partial charge is 0.0485 e. The zero-order valence-electron chi connectivity index (χ0n) is 13.7. The third-order valence-corrected chi connectivity index (χ3v) is 5.10. The predicted molar refractivity (Wildman–Crippen MR) is 99.3 cm³/mol. The maximum absolute atomic E-state index is 6.39. The van der Waals surface area contributed by atoms with Crippen LogP contribution in [-0.2, 0) is 13.0 Å². The van der Waals surface area contributed by atoms with E-state index in [9.17, 15) is 0 Å². The highest BCUT2D eigenvalue weighted by atomic mass is 35.5. The number of aryl methyl sites for hydroxylation is 1. The number of benzene rings is 2. The van der Waals surface area contributed by atoms with Crippen molar-refractivity contribution in [1.82, 2.24) is 4.57 Å². The molecule has 3 rings (SSSR count). The number of aromatic nitrogens is 1. The van der Waals surface area contributed by atoms with Gasteiger partial charge in [-0.25, -0.2) is 0 Å². The molecule has 0 amide bonds. The number of halogens is 1. The Balaban J connectivity index is 2.07. The summed E-state index contributed by atoms with van der Waals surface area (Å²) in [6, 6.07) is 16.7. The van der Waals surface area contributed by atoms with Crippen LogP contribution in [0.3, 0.4) is 0 Å². The average Bonchev–Trinajstić information content (AvgIpc) is 2.84. The first-order valence-electron chi connectivity index (χ1n) is 8.18. The van der Waals surface area contributed by atoms with Gasteiger partial charge in [-0.15, -0.1) is 0 Å². The molecule has 0 saturated heterocycles. The molecule has 2 aromatic carbocycles. The van der Waals surface area contributed by atoms with E-state index in [0.29, 0.717) is 6.54 Å². The van der Waals surface area contributed by atoms with Gasteiger partial charge in [0.1, 0.15) is 0 Å². The van der Waals surface area contributed by atoms with Crippen molar-refractivity contribution in [2.45, 2.75) is 32.7 Å². The Morgan fingerprint density at radius 1 is 1.09 bits per heavy atom. The van der Waals surface area contributed by atoms with Crippen LogP contribution in [0.5, 0.6) is 0 Å². The van der Waals surface area contributed by atoms with E-state index in [1.807, 2.05) is 18.2 Å². The van der Waals surface area contributed by atoms with Crippen molar-refractivity contribution < 1.29 is 0 Å². The predicted octanol–water partition coefficient (Wildman–Crippen LogP) is 4.91. The lowest BCUT2D eigenvalue weighted by molar-refractivity contribution is 0.685. The van der Waals surface area contributed by atoms with Crippen LogP contribution in [0.2, 0.25) is 5.02 Å². The number of nitrogens with two attached hydrogens (primary N) is 1. The molecule has 0 fully saturated rings. The summed E-state index contributed by atoms with van der Waals surface area (Å²) in [5, 5.41) is 2.14. The van der Waals surface area contributed by atoms with Crippen molar-refractivity contribution in [3.63, 3.8) is 0 Å². The zero-order chi connectivity index (χ0) is 16.4. The summed E-state index contributed by atoms with van der Waals surface area (Å²) in [6.07, 6.45) is 0.916. The van der Waals surface area contributed by atoms with Gasteiger partial charge in [0.2, 0.25) is 0 Å². The Morgan fingerprint density at radius 2 is 1.78 bits per heavy atom. The molecule has 3 heteroatoms. The second-order valence-electron chi connectivity index (χ2n) is 5.98. The number of para-hydroxylation sites is 1. The van der Waals surface area contributed by atoms with Crippen molar-refractivity contribution in [3.8, 4) is 0 Å². The van der Waals surface area contributed by atoms with Crippen molar-refractivity contribution in [3.05, 3.63) is 70.4 Å². The average molecular weight is 327 g/mol. The lowest BCUT2D eigenvalue weighted by Gasteiger charge is -2.17. The van der Waals surface area contributed by atoms with Crippen molar-refractivity contribution in [2.75, 3.05) is 6.54 Å². The molecular weight excluding hydrogens is 304 g/mol. The molecule has 1 aromatic heterocycles. The quantitative estimate of drug-likeness (QED) is 0.709. The van der Waals surface area contributed by atoms with Gasteiger partial charge in [0.05, 0.1) is 0 Å². The van der Waals surface area contributed by atoms with Crippen LogP contribution in [0.15, 0.2) is 48.5 Å². The summed E-state index contributed by atoms with van der Waals surface area (Å²) in [7, 11) is 0. The minimum atomic E-state index is 0.235. The topological polar surface area (TPSA) is 30.9 Å². The van der Waals surface area contributed by atoms with Crippen LogP contribution in [-0.4, -0.2) is 11.1 Å². The van der Waals surface area contributed by atoms with E-state index in [0.717, 1.165) is 23.6 Å². The summed E-state index contributed by atoms with van der Waals surface area (Å²) in [4.78, 5) is 0. The molecule has 2 N–H and O–H groups in total. The fraction of sp³-hybridized carbons (Fsp3) is 0.300. The van der Waals surface area contributed by atoms with Gasteiger partial charge in [0.25, 0.3) is 0 Å². The third-order valence-electron chi connectivity index (χ3n) is 4.76. The molecular formula is C20H23ClN2. The molecule has 0 aliphatic rings. The lowest BCUT2D eigenvalue weighted by Crippen LogP contribution is -2.16. The largest absolute Gasteiger partial charge is 0.345 e. The van der Waals surface area contributed by atoms with E-state index in [-0.39, 0.29) is 5.92 Å². The molecule has 0 bridgehead atoms. The normalized spacial score (nSPS) is 12.7. The Morgan fingerprint density at radius 3 is 2.48 bits per heavy atom. The van der Waals surface area contributed by atoms with Gasteiger partial charge in [-0.1, -0.05) is 48.0 Å². The maximum Gasteiger partial charge on any atom is 0.0485 e. The summed E-state index contributed by atoms with van der Waals surface area (Å²) < 4.78 is 2.38. The standard InChI is InChI=1S/C20H23ClN2/c1-3-23-14(2)18(17-9-5-7-11-20(17)23)12-15(13-22)16-8-4-6-10-19(16)21/h4-11,15H,3,12-13,22H2,1-2H3. The number of fused-ring (bicyclic) bond motifs is 1. The van der Waals surface area contributed by atoms with Gasteiger partial charge in [0, 0.05) is 34.1 Å². The Bertz CT molecular complexity index is 820. The van der Waals surface area contributed by atoms with Gasteiger partial charge in [-0.3, -0.25) is 0 Å². The monoisotopic (exact) mass is 326 g/mol. The van der Waals surface area contributed by atoms with Gasteiger partial charge in [-0.05, 0) is 50.1 Å². The minimum absolute atomic E-state index is 0.235. The van der Waals surface area contributed by atoms with Gasteiger partial charge >= 0.3 is 0 Å². The first-order chi connectivity index (χ1) is 11.2. The zero-order valence-corrected chi connectivity index (χ0v) is 14.5. The molecule has 2 nitrogen and oxygen atoms in total. The van der Waals surface area contributed by atoms with Crippen molar-refractivity contribution >= 4 is 22.5 Å². The van der Waals surface area contributed by atoms with Gasteiger partial charge < -0.3 is 10.3 Å². The van der Waals surface area contributed by atoms with Crippen LogP contribution in [0.25, 0.3) is 10.9 Å². The third kappa shape index (κ3) is 2.89. The lowest BCUT2D eigenvalue weighted by atomic mass is 9.91. The van der Waals surface area contributed by atoms with Gasteiger partial charge in [-0.2, -0.15) is 0 Å². The first-order valence-corrected chi connectivity index (χ1v) is 8.56. The van der Waals surface area contributed by atoms with E-state index in [2.05, 4.69) is 48.7 Å². The molecule has 0 aliphatic carbocycles. The number of hydrogen-bond donors (Lipinski definition) is 1. The maximum atomic E-state index is 6.39. The molecule has 0 radical (unpaired) electrons. The SMILES string of the molecule is CCn1c(C)c(CC(CN)c2ccccc2Cl)c2ccccc21. The minimum Gasteiger partial charge on any atom is -0.345 e. The molecule has 3 aromatic rings. The number of hydrogen-bond acceptors (Lipinski definition) is 1. The van der Waals surface area contributed by atoms with Crippen LogP contribution < -0.4 is 5.73 Å². The summed E-state index contributed by atoms with van der Waals surface area (Å²) >= 11 is 6.39. The van der Waals surface area contributed by atoms with E-state index in [1.54, 1.807) is 0 Å². The highest BCUT2D eigenvalue weighted by Crippen LogP contribution is 2.32. The molecule has 1 unspecified atom stereocenters. The van der Waals surface area contributed by atoms with E-state index in [1.165, 1.54) is 22.2 Å². The second kappa shape index (κ2) is 6.77. The fourth-order valence-electron chi connectivity index (χ4n) is 3.54. The number of rotatable bonds is 5. The molecule has 0 saturated carbocycles. The van der Waals surface area contributed by atoms with Crippen LogP contribution in [0.4, 0.5) is 0 Å². The van der Waals surface area contributed by atoms with E-state index >= 15 is 0 Å². The first kappa shape index (κ1) is 16.1. The van der Waals surface area contributed by atoms with Crippen LogP contribution in [0, 0.1) is 6.92 Å². The number of nitrogens with zero attached hydrogens (tertiary/aromatic N) is 1. The van der Waals surface area contributed by atoms with Crippen molar-refractivity contribution in [1.29, 1.82) is 0 Å². The van der Waals surface area contributed by atoms with Crippen LogP contribution >= 0.6 is 11.6 Å². The Hall–Kier alpha value is -1.77. The van der Waals surface area contributed by atoms with Crippen LogP contribution in [0.1, 0.15) is 29.7 Å². The molecule has 23 heavy (non-hydrogen) atoms. The molecule has 0 aliphatic heterocycles. The van der Waals surface area contributed by atoms with Gasteiger partial charge in [0.15, 0.2) is 0 Å². The highest BCUT2D eigenvalue weighted by Gasteiger charge is 2.19. The molecule has 120 valence electrons. The summed E-state index contributed by atoms with van der Waals surface area (Å²) in [5.41, 5.74) is 11.3. The molecule has 1 heterocycles. The Kier molecular flexibility index (Phi) is 4.74. The van der Waals surface area contributed by atoms with E-state index < -0.39 is 0 Å². The highest BCUT2D eigenvalue weighted by molar-refractivity contribution is 6.31. The fourth-order valence-corrected chi connectivity index (χ4v) is 3.83. The second-order valence-corrected chi connectivity index (χ2v) is 6.39. The van der Waals surface area contributed by atoms with Crippen molar-refractivity contribution in [2.24, 2.45) is 5.73 Å². The summed E-state index contributed by atoms with van der Waals surface area (Å²) in [6.45, 7) is 5.97.